The minimum atomic E-state index is 0.0178. The van der Waals surface area contributed by atoms with Gasteiger partial charge in [-0.1, -0.05) is 12.1 Å². The number of aromatic nitrogens is 2. The molecule has 7 nitrogen and oxygen atoms in total. The summed E-state index contributed by atoms with van der Waals surface area (Å²) in [5.41, 5.74) is 2.97. The number of nitrogens with one attached hydrogen (secondary N) is 2. The highest BCUT2D eigenvalue weighted by Crippen LogP contribution is 2.08. The van der Waals surface area contributed by atoms with Crippen LogP contribution in [0.3, 0.4) is 0 Å². The number of amides is 1. The number of aliphatic imine (C=N–C) groups is 1. The SMILES string of the molecule is CCNC(=NCCc1cccc(C(=O)N(C)C)c1)NCCn1cc(C)cn1. The van der Waals surface area contributed by atoms with Crippen LogP contribution >= 0.6 is 0 Å². The van der Waals surface area contributed by atoms with E-state index in [1.54, 1.807) is 19.0 Å². The van der Waals surface area contributed by atoms with E-state index in [0.29, 0.717) is 12.1 Å². The van der Waals surface area contributed by atoms with Gasteiger partial charge in [-0.05, 0) is 43.5 Å². The summed E-state index contributed by atoms with van der Waals surface area (Å²) in [6, 6.07) is 7.74. The molecule has 0 saturated carbocycles. The number of benzene rings is 1. The lowest BCUT2D eigenvalue weighted by atomic mass is 10.1. The van der Waals surface area contributed by atoms with Crippen LogP contribution in [0.1, 0.15) is 28.4 Å². The highest BCUT2D eigenvalue weighted by atomic mass is 16.2. The van der Waals surface area contributed by atoms with Crippen LogP contribution in [0.5, 0.6) is 0 Å². The molecule has 1 aromatic heterocycles. The zero-order valence-corrected chi connectivity index (χ0v) is 16.7. The summed E-state index contributed by atoms with van der Waals surface area (Å²) in [5.74, 6) is 0.811. The number of aryl methyl sites for hydroxylation is 1. The summed E-state index contributed by atoms with van der Waals surface area (Å²) in [6.45, 7) is 7.07. The quantitative estimate of drug-likeness (QED) is 0.548. The van der Waals surface area contributed by atoms with Gasteiger partial charge in [-0.15, -0.1) is 0 Å². The predicted octanol–water partition coefficient (Wildman–Crippen LogP) is 1.69. The third-order valence-corrected chi connectivity index (χ3v) is 3.99. The van der Waals surface area contributed by atoms with Crippen LogP contribution in [0, 0.1) is 6.92 Å². The summed E-state index contributed by atoms with van der Waals surface area (Å²) in [4.78, 5) is 18.3. The van der Waals surface area contributed by atoms with Crippen molar-refractivity contribution < 1.29 is 4.79 Å². The molecule has 27 heavy (non-hydrogen) atoms. The van der Waals surface area contributed by atoms with Gasteiger partial charge in [-0.2, -0.15) is 5.10 Å². The molecular formula is C20H30N6O. The average Bonchev–Trinajstić information content (AvgIpc) is 3.06. The Hall–Kier alpha value is -2.83. The second-order valence-electron chi connectivity index (χ2n) is 6.62. The monoisotopic (exact) mass is 370 g/mol. The van der Waals surface area contributed by atoms with Crippen molar-refractivity contribution >= 4 is 11.9 Å². The molecule has 1 aromatic carbocycles. The zero-order valence-electron chi connectivity index (χ0n) is 16.7. The molecule has 2 N–H and O–H groups in total. The van der Waals surface area contributed by atoms with Gasteiger partial charge in [0.15, 0.2) is 5.96 Å². The smallest absolute Gasteiger partial charge is 0.253 e. The first-order chi connectivity index (χ1) is 13.0. The van der Waals surface area contributed by atoms with E-state index in [-0.39, 0.29) is 5.91 Å². The minimum Gasteiger partial charge on any atom is -0.357 e. The molecule has 0 saturated heterocycles. The van der Waals surface area contributed by atoms with Gasteiger partial charge in [0.25, 0.3) is 5.91 Å². The van der Waals surface area contributed by atoms with E-state index < -0.39 is 0 Å². The predicted molar refractivity (Wildman–Crippen MR) is 109 cm³/mol. The Bertz CT molecular complexity index is 765. The molecule has 0 aliphatic rings. The first-order valence-corrected chi connectivity index (χ1v) is 9.31. The molecule has 7 heteroatoms. The highest BCUT2D eigenvalue weighted by molar-refractivity contribution is 5.94. The molecule has 1 heterocycles. The largest absolute Gasteiger partial charge is 0.357 e. The third kappa shape index (κ3) is 6.77. The minimum absolute atomic E-state index is 0.0178. The van der Waals surface area contributed by atoms with Crippen molar-refractivity contribution in [2.24, 2.45) is 4.99 Å². The Morgan fingerprint density at radius 1 is 1.30 bits per heavy atom. The number of guanidine groups is 1. The number of carbonyl (C=O) groups excluding carboxylic acids is 1. The van der Waals surface area contributed by atoms with E-state index in [4.69, 9.17) is 0 Å². The number of rotatable bonds is 8. The first-order valence-electron chi connectivity index (χ1n) is 9.31. The summed E-state index contributed by atoms with van der Waals surface area (Å²) >= 11 is 0. The lowest BCUT2D eigenvalue weighted by molar-refractivity contribution is 0.0827. The van der Waals surface area contributed by atoms with E-state index >= 15 is 0 Å². The fourth-order valence-corrected chi connectivity index (χ4v) is 2.63. The maximum Gasteiger partial charge on any atom is 0.253 e. The number of nitrogens with zero attached hydrogens (tertiary/aromatic N) is 4. The summed E-state index contributed by atoms with van der Waals surface area (Å²) in [5, 5.41) is 10.9. The summed E-state index contributed by atoms with van der Waals surface area (Å²) in [6.07, 6.45) is 4.66. The number of carbonyl (C=O) groups is 1. The van der Waals surface area contributed by atoms with Crippen molar-refractivity contribution in [3.05, 3.63) is 53.3 Å². The van der Waals surface area contributed by atoms with E-state index in [1.807, 2.05) is 55.2 Å². The molecular weight excluding hydrogens is 340 g/mol. The van der Waals surface area contributed by atoms with Gasteiger partial charge >= 0.3 is 0 Å². The van der Waals surface area contributed by atoms with E-state index in [0.717, 1.165) is 43.1 Å². The van der Waals surface area contributed by atoms with E-state index in [9.17, 15) is 4.79 Å². The molecule has 0 spiro atoms. The van der Waals surface area contributed by atoms with Gasteiger partial charge in [-0.25, -0.2) is 0 Å². The average molecular weight is 371 g/mol. The van der Waals surface area contributed by atoms with Crippen LogP contribution < -0.4 is 10.6 Å². The Morgan fingerprint density at radius 3 is 2.78 bits per heavy atom. The Labute approximate surface area is 161 Å². The van der Waals surface area contributed by atoms with Crippen LogP contribution in [-0.2, 0) is 13.0 Å². The Balaban J connectivity index is 1.87. The highest BCUT2D eigenvalue weighted by Gasteiger charge is 2.08. The van der Waals surface area contributed by atoms with Crippen molar-refractivity contribution in [3.63, 3.8) is 0 Å². The van der Waals surface area contributed by atoms with Crippen molar-refractivity contribution in [1.29, 1.82) is 0 Å². The molecule has 0 unspecified atom stereocenters. The molecule has 0 aliphatic carbocycles. The van der Waals surface area contributed by atoms with Gasteiger partial charge < -0.3 is 15.5 Å². The first kappa shape index (κ1) is 20.5. The molecule has 0 bridgehead atoms. The fourth-order valence-electron chi connectivity index (χ4n) is 2.63. The van der Waals surface area contributed by atoms with Gasteiger partial charge in [0.2, 0.25) is 0 Å². The van der Waals surface area contributed by atoms with Gasteiger partial charge in [0, 0.05) is 45.5 Å². The van der Waals surface area contributed by atoms with E-state index in [2.05, 4.69) is 20.7 Å². The van der Waals surface area contributed by atoms with Crippen molar-refractivity contribution in [3.8, 4) is 0 Å². The standard InChI is InChI=1S/C20H30N6O/c1-5-21-20(23-11-12-26-15-16(2)14-24-26)22-10-9-17-7-6-8-18(13-17)19(27)25(3)4/h6-8,13-15H,5,9-12H2,1-4H3,(H2,21,22,23). The number of hydrogen-bond acceptors (Lipinski definition) is 3. The van der Waals surface area contributed by atoms with Gasteiger partial charge in [0.1, 0.15) is 0 Å². The third-order valence-electron chi connectivity index (χ3n) is 3.99. The van der Waals surface area contributed by atoms with E-state index in [1.165, 1.54) is 0 Å². The lowest BCUT2D eigenvalue weighted by Crippen LogP contribution is -2.39. The lowest BCUT2D eigenvalue weighted by Gasteiger charge is -2.12. The molecule has 0 fully saturated rings. The van der Waals surface area contributed by atoms with Crippen LogP contribution in [0.2, 0.25) is 0 Å². The van der Waals surface area contributed by atoms with Gasteiger partial charge in [-0.3, -0.25) is 14.5 Å². The fraction of sp³-hybridized carbons (Fsp3) is 0.450. The van der Waals surface area contributed by atoms with Crippen molar-refractivity contribution in [2.75, 3.05) is 33.7 Å². The topological polar surface area (TPSA) is 74.6 Å². The van der Waals surface area contributed by atoms with Crippen LogP contribution in [0.25, 0.3) is 0 Å². The molecule has 2 rings (SSSR count). The Morgan fingerprint density at radius 2 is 2.11 bits per heavy atom. The molecule has 1 amide bonds. The normalized spacial score (nSPS) is 11.3. The van der Waals surface area contributed by atoms with Crippen molar-refractivity contribution in [2.45, 2.75) is 26.8 Å². The summed E-state index contributed by atoms with van der Waals surface area (Å²) in [7, 11) is 3.52. The number of hydrogen-bond donors (Lipinski definition) is 2. The second-order valence-corrected chi connectivity index (χ2v) is 6.62. The van der Waals surface area contributed by atoms with Crippen LogP contribution in [-0.4, -0.2) is 60.3 Å². The second kappa shape index (κ2) is 10.4. The molecule has 2 aromatic rings. The van der Waals surface area contributed by atoms with Crippen LogP contribution in [0.15, 0.2) is 41.7 Å². The Kier molecular flexibility index (Phi) is 7.85. The molecule has 0 radical (unpaired) electrons. The summed E-state index contributed by atoms with van der Waals surface area (Å²) < 4.78 is 1.92. The maximum atomic E-state index is 12.1. The molecule has 146 valence electrons. The van der Waals surface area contributed by atoms with Crippen molar-refractivity contribution in [1.82, 2.24) is 25.3 Å². The molecule has 0 aliphatic heterocycles. The zero-order chi connectivity index (χ0) is 19.6. The molecule has 0 atom stereocenters. The van der Waals surface area contributed by atoms with Crippen LogP contribution in [0.4, 0.5) is 0 Å². The van der Waals surface area contributed by atoms with Gasteiger partial charge in [0.05, 0.1) is 12.7 Å². The maximum absolute atomic E-state index is 12.1.